The van der Waals surface area contributed by atoms with Crippen molar-refractivity contribution in [3.05, 3.63) is 54.7 Å². The molecule has 5 nitrogen and oxygen atoms in total. The third-order valence-electron chi connectivity index (χ3n) is 4.16. The second kappa shape index (κ2) is 6.02. The molecular weight excluding hydrogens is 324 g/mol. The Labute approximate surface area is 152 Å². The molecule has 3 aromatic heterocycles. The SMILES string of the molecule is COc1ccc2nc(-c3nc4ccccn4c3NC(C)(C)C)ccc2c1. The van der Waals surface area contributed by atoms with Crippen molar-refractivity contribution in [2.45, 2.75) is 26.3 Å². The Morgan fingerprint density at radius 1 is 1.00 bits per heavy atom. The number of hydrogen-bond donors (Lipinski definition) is 1. The lowest BCUT2D eigenvalue weighted by molar-refractivity contribution is 0.415. The lowest BCUT2D eigenvalue weighted by Crippen LogP contribution is -2.27. The van der Waals surface area contributed by atoms with Crippen LogP contribution in [0, 0.1) is 0 Å². The second-order valence-corrected chi connectivity index (χ2v) is 7.37. The summed E-state index contributed by atoms with van der Waals surface area (Å²) in [6, 6.07) is 16.0. The van der Waals surface area contributed by atoms with E-state index in [1.807, 2.05) is 48.7 Å². The first-order valence-corrected chi connectivity index (χ1v) is 8.65. The minimum atomic E-state index is -0.0925. The van der Waals surface area contributed by atoms with Gasteiger partial charge in [0, 0.05) is 17.1 Å². The molecule has 26 heavy (non-hydrogen) atoms. The number of rotatable bonds is 3. The highest BCUT2D eigenvalue weighted by Crippen LogP contribution is 2.31. The number of nitrogens with zero attached hydrogens (tertiary/aromatic N) is 3. The maximum atomic E-state index is 5.30. The van der Waals surface area contributed by atoms with Gasteiger partial charge in [0.1, 0.15) is 22.9 Å². The molecule has 0 radical (unpaired) electrons. The van der Waals surface area contributed by atoms with Crippen LogP contribution in [0.2, 0.25) is 0 Å². The minimum absolute atomic E-state index is 0.0925. The van der Waals surface area contributed by atoms with Crippen molar-refractivity contribution in [2.24, 2.45) is 0 Å². The Bertz CT molecular complexity index is 1090. The molecule has 0 aliphatic heterocycles. The Balaban J connectivity index is 1.90. The van der Waals surface area contributed by atoms with Gasteiger partial charge in [0.2, 0.25) is 0 Å². The van der Waals surface area contributed by atoms with Crippen molar-refractivity contribution < 1.29 is 4.74 Å². The monoisotopic (exact) mass is 346 g/mol. The third kappa shape index (κ3) is 2.96. The molecule has 5 heteroatoms. The summed E-state index contributed by atoms with van der Waals surface area (Å²) in [7, 11) is 1.67. The fraction of sp³-hybridized carbons (Fsp3) is 0.238. The molecule has 3 heterocycles. The van der Waals surface area contributed by atoms with Crippen LogP contribution in [-0.4, -0.2) is 27.0 Å². The van der Waals surface area contributed by atoms with Gasteiger partial charge >= 0.3 is 0 Å². The average Bonchev–Trinajstić information content (AvgIpc) is 2.98. The van der Waals surface area contributed by atoms with Gasteiger partial charge in [0.05, 0.1) is 18.3 Å². The molecule has 0 fully saturated rings. The van der Waals surface area contributed by atoms with Crippen molar-refractivity contribution in [1.29, 1.82) is 0 Å². The summed E-state index contributed by atoms with van der Waals surface area (Å²) in [5.74, 6) is 1.78. The predicted octanol–water partition coefficient (Wildman–Crippen LogP) is 4.77. The van der Waals surface area contributed by atoms with Gasteiger partial charge in [-0.05, 0) is 57.2 Å². The van der Waals surface area contributed by atoms with Crippen molar-refractivity contribution >= 4 is 22.4 Å². The number of methoxy groups -OCH3 is 1. The van der Waals surface area contributed by atoms with Crippen LogP contribution in [0.15, 0.2) is 54.7 Å². The van der Waals surface area contributed by atoms with Crippen LogP contribution < -0.4 is 10.1 Å². The Morgan fingerprint density at radius 3 is 2.62 bits per heavy atom. The van der Waals surface area contributed by atoms with Gasteiger partial charge in [-0.1, -0.05) is 12.1 Å². The lowest BCUT2D eigenvalue weighted by Gasteiger charge is -2.22. The molecule has 0 aliphatic rings. The van der Waals surface area contributed by atoms with Crippen molar-refractivity contribution in [3.63, 3.8) is 0 Å². The van der Waals surface area contributed by atoms with Crippen molar-refractivity contribution in [1.82, 2.24) is 14.4 Å². The molecular formula is C21H22N4O. The zero-order valence-corrected chi connectivity index (χ0v) is 15.4. The van der Waals surface area contributed by atoms with E-state index >= 15 is 0 Å². The molecule has 1 aromatic carbocycles. The van der Waals surface area contributed by atoms with E-state index in [2.05, 4.69) is 36.6 Å². The Hall–Kier alpha value is -3.08. The molecule has 132 valence electrons. The van der Waals surface area contributed by atoms with E-state index in [-0.39, 0.29) is 5.54 Å². The van der Waals surface area contributed by atoms with E-state index in [1.165, 1.54) is 0 Å². The molecule has 4 rings (SSSR count). The van der Waals surface area contributed by atoms with Gasteiger partial charge < -0.3 is 10.1 Å². The Morgan fingerprint density at radius 2 is 1.85 bits per heavy atom. The fourth-order valence-electron chi connectivity index (χ4n) is 3.01. The van der Waals surface area contributed by atoms with Gasteiger partial charge in [-0.25, -0.2) is 9.97 Å². The number of benzene rings is 1. The maximum absolute atomic E-state index is 5.30. The first kappa shape index (κ1) is 16.4. The summed E-state index contributed by atoms with van der Waals surface area (Å²) in [6.07, 6.45) is 2.02. The average molecular weight is 346 g/mol. The molecule has 0 saturated carbocycles. The van der Waals surface area contributed by atoms with Crippen LogP contribution in [0.1, 0.15) is 20.8 Å². The summed E-state index contributed by atoms with van der Waals surface area (Å²) in [5, 5.41) is 4.62. The van der Waals surface area contributed by atoms with E-state index in [0.717, 1.165) is 39.5 Å². The van der Waals surface area contributed by atoms with Crippen LogP contribution in [0.25, 0.3) is 27.9 Å². The van der Waals surface area contributed by atoms with Gasteiger partial charge in [-0.3, -0.25) is 4.40 Å². The summed E-state index contributed by atoms with van der Waals surface area (Å²) in [6.45, 7) is 6.41. The van der Waals surface area contributed by atoms with E-state index in [0.29, 0.717) is 0 Å². The number of nitrogens with one attached hydrogen (secondary N) is 1. The number of imidazole rings is 1. The minimum Gasteiger partial charge on any atom is -0.497 e. The van der Waals surface area contributed by atoms with Crippen LogP contribution in [0.4, 0.5) is 5.82 Å². The zero-order chi connectivity index (χ0) is 18.3. The summed E-state index contributed by atoms with van der Waals surface area (Å²) in [4.78, 5) is 9.66. The summed E-state index contributed by atoms with van der Waals surface area (Å²) < 4.78 is 7.37. The van der Waals surface area contributed by atoms with E-state index in [1.54, 1.807) is 7.11 Å². The van der Waals surface area contributed by atoms with Crippen LogP contribution in [0.5, 0.6) is 5.75 Å². The molecule has 0 atom stereocenters. The largest absolute Gasteiger partial charge is 0.497 e. The highest BCUT2D eigenvalue weighted by atomic mass is 16.5. The van der Waals surface area contributed by atoms with Crippen LogP contribution >= 0.6 is 0 Å². The molecule has 4 aromatic rings. The first-order valence-electron chi connectivity index (χ1n) is 8.65. The highest BCUT2D eigenvalue weighted by molar-refractivity contribution is 5.84. The van der Waals surface area contributed by atoms with Crippen molar-refractivity contribution in [2.75, 3.05) is 12.4 Å². The predicted molar refractivity (Wildman–Crippen MR) is 106 cm³/mol. The second-order valence-electron chi connectivity index (χ2n) is 7.37. The van der Waals surface area contributed by atoms with E-state index < -0.39 is 0 Å². The summed E-state index contributed by atoms with van der Waals surface area (Å²) >= 11 is 0. The van der Waals surface area contributed by atoms with E-state index in [9.17, 15) is 0 Å². The number of hydrogen-bond acceptors (Lipinski definition) is 4. The molecule has 0 spiro atoms. The number of anilines is 1. The Kier molecular flexibility index (Phi) is 3.80. The third-order valence-corrected chi connectivity index (χ3v) is 4.16. The van der Waals surface area contributed by atoms with Crippen LogP contribution in [0.3, 0.4) is 0 Å². The van der Waals surface area contributed by atoms with E-state index in [4.69, 9.17) is 14.7 Å². The number of fused-ring (bicyclic) bond motifs is 2. The smallest absolute Gasteiger partial charge is 0.140 e. The molecule has 0 aliphatic carbocycles. The quantitative estimate of drug-likeness (QED) is 0.581. The normalized spacial score (nSPS) is 11.8. The molecule has 1 N–H and O–H groups in total. The van der Waals surface area contributed by atoms with Gasteiger partial charge in [0.25, 0.3) is 0 Å². The number of ether oxygens (including phenoxy) is 1. The standard InChI is InChI=1S/C21H22N4O/c1-21(2,3)24-20-19(23-18-7-5-6-12-25(18)20)17-10-8-14-13-15(26-4)9-11-16(14)22-17/h5-13,24H,1-4H3. The zero-order valence-electron chi connectivity index (χ0n) is 15.4. The maximum Gasteiger partial charge on any atom is 0.140 e. The van der Waals surface area contributed by atoms with Crippen molar-refractivity contribution in [3.8, 4) is 17.1 Å². The molecule has 0 amide bonds. The summed E-state index contributed by atoms with van der Waals surface area (Å²) in [5.41, 5.74) is 3.42. The molecule has 0 unspecified atom stereocenters. The molecule has 0 saturated heterocycles. The number of pyridine rings is 2. The topological polar surface area (TPSA) is 51.5 Å². The molecule has 0 bridgehead atoms. The number of aromatic nitrogens is 3. The van der Waals surface area contributed by atoms with Crippen LogP contribution in [-0.2, 0) is 0 Å². The fourth-order valence-corrected chi connectivity index (χ4v) is 3.01. The highest BCUT2D eigenvalue weighted by Gasteiger charge is 2.20. The van der Waals surface area contributed by atoms with Gasteiger partial charge in [0.15, 0.2) is 0 Å². The first-order chi connectivity index (χ1) is 12.4. The van der Waals surface area contributed by atoms with Gasteiger partial charge in [-0.15, -0.1) is 0 Å². The lowest BCUT2D eigenvalue weighted by atomic mass is 10.1. The van der Waals surface area contributed by atoms with Gasteiger partial charge in [-0.2, -0.15) is 0 Å².